The summed E-state index contributed by atoms with van der Waals surface area (Å²) in [6, 6.07) is 8.48. The Hall–Kier alpha value is -0.900. The maximum Gasteiger partial charge on any atom is 0.106 e. The van der Waals surface area contributed by atoms with E-state index in [1.165, 1.54) is 24.8 Å². The second-order valence-corrected chi connectivity index (χ2v) is 5.91. The van der Waals surface area contributed by atoms with E-state index in [9.17, 15) is 5.11 Å². The zero-order valence-electron chi connectivity index (χ0n) is 11.6. The van der Waals surface area contributed by atoms with Crippen molar-refractivity contribution in [3.63, 3.8) is 0 Å². The van der Waals surface area contributed by atoms with Crippen molar-refractivity contribution in [2.24, 2.45) is 0 Å². The Kier molecular flexibility index (Phi) is 3.87. The quantitative estimate of drug-likeness (QED) is 0.906. The van der Waals surface area contributed by atoms with Crippen LogP contribution in [0.2, 0.25) is 0 Å². The molecule has 2 aliphatic rings. The van der Waals surface area contributed by atoms with Gasteiger partial charge in [0, 0.05) is 13.1 Å². The highest BCUT2D eigenvalue weighted by atomic mass is 16.5. The molecule has 1 saturated heterocycles. The van der Waals surface area contributed by atoms with Gasteiger partial charge in [-0.3, -0.25) is 0 Å². The fraction of sp³-hybridized carbons (Fsp3) is 0.625. The first kappa shape index (κ1) is 13.1. The number of aliphatic hydroxyl groups excluding tert-OH is 1. The van der Waals surface area contributed by atoms with Crippen molar-refractivity contribution in [3.05, 3.63) is 35.4 Å². The van der Waals surface area contributed by atoms with Crippen LogP contribution in [0.15, 0.2) is 24.3 Å². The lowest BCUT2D eigenvalue weighted by Gasteiger charge is -2.33. The lowest BCUT2D eigenvalue weighted by atomic mass is 9.80. The summed E-state index contributed by atoms with van der Waals surface area (Å²) in [5.41, 5.74) is 2.40. The minimum atomic E-state index is -0.516. The Morgan fingerprint density at radius 3 is 2.58 bits per heavy atom. The smallest absolute Gasteiger partial charge is 0.106 e. The Morgan fingerprint density at radius 1 is 1.26 bits per heavy atom. The zero-order valence-corrected chi connectivity index (χ0v) is 11.6. The summed E-state index contributed by atoms with van der Waals surface area (Å²) in [6.45, 7) is 2.45. The summed E-state index contributed by atoms with van der Waals surface area (Å²) in [5.74, 6) is 0.753. The average Bonchev–Trinajstić information content (AvgIpc) is 2.37. The SMILES string of the molecule is CN1CCOC(C(O)c2ccc(C3CCC3)cc2)C1. The molecule has 104 valence electrons. The van der Waals surface area contributed by atoms with Gasteiger partial charge in [0.15, 0.2) is 0 Å². The molecular weight excluding hydrogens is 238 g/mol. The standard InChI is InChI=1S/C16H23NO2/c1-17-9-10-19-15(11-17)16(18)14-7-5-13(6-8-14)12-3-2-4-12/h5-8,12,15-16,18H,2-4,9-11H2,1H3. The van der Waals surface area contributed by atoms with Crippen molar-refractivity contribution < 1.29 is 9.84 Å². The van der Waals surface area contributed by atoms with Crippen LogP contribution >= 0.6 is 0 Å². The molecule has 19 heavy (non-hydrogen) atoms. The summed E-state index contributed by atoms with van der Waals surface area (Å²) in [7, 11) is 2.07. The van der Waals surface area contributed by atoms with Gasteiger partial charge in [0.1, 0.15) is 12.2 Å². The first-order valence-electron chi connectivity index (χ1n) is 7.32. The van der Waals surface area contributed by atoms with Crippen LogP contribution in [0.3, 0.4) is 0 Å². The van der Waals surface area contributed by atoms with Crippen molar-refractivity contribution in [1.29, 1.82) is 0 Å². The molecule has 1 aromatic rings. The van der Waals surface area contributed by atoms with Crippen LogP contribution in [0.5, 0.6) is 0 Å². The van der Waals surface area contributed by atoms with Gasteiger partial charge < -0.3 is 14.7 Å². The number of hydrogen-bond donors (Lipinski definition) is 1. The lowest BCUT2D eigenvalue weighted by Crippen LogP contribution is -2.42. The monoisotopic (exact) mass is 261 g/mol. The third-order valence-corrected chi connectivity index (χ3v) is 4.50. The van der Waals surface area contributed by atoms with Crippen molar-refractivity contribution in [1.82, 2.24) is 4.90 Å². The molecule has 1 N–H and O–H groups in total. The van der Waals surface area contributed by atoms with Crippen LogP contribution in [0, 0.1) is 0 Å². The lowest BCUT2D eigenvalue weighted by molar-refractivity contribution is -0.0844. The Morgan fingerprint density at radius 2 is 2.00 bits per heavy atom. The van der Waals surface area contributed by atoms with E-state index in [2.05, 4.69) is 36.2 Å². The molecule has 1 aromatic carbocycles. The molecule has 1 heterocycles. The highest BCUT2D eigenvalue weighted by Gasteiger charge is 2.26. The summed E-state index contributed by atoms with van der Waals surface area (Å²) >= 11 is 0. The number of ether oxygens (including phenoxy) is 1. The van der Waals surface area contributed by atoms with E-state index in [0.717, 1.165) is 24.6 Å². The summed E-state index contributed by atoms with van der Waals surface area (Å²) in [6.07, 6.45) is 3.38. The van der Waals surface area contributed by atoms with Gasteiger partial charge in [-0.1, -0.05) is 30.7 Å². The normalized spacial score (nSPS) is 26.9. The molecule has 2 atom stereocenters. The summed E-state index contributed by atoms with van der Waals surface area (Å²) in [4.78, 5) is 2.21. The van der Waals surface area contributed by atoms with Crippen molar-refractivity contribution >= 4 is 0 Å². The van der Waals surface area contributed by atoms with E-state index < -0.39 is 6.10 Å². The number of morpholine rings is 1. The van der Waals surface area contributed by atoms with Crippen LogP contribution in [-0.4, -0.2) is 42.9 Å². The highest BCUT2D eigenvalue weighted by Crippen LogP contribution is 2.36. The minimum absolute atomic E-state index is 0.103. The zero-order chi connectivity index (χ0) is 13.2. The number of benzene rings is 1. The summed E-state index contributed by atoms with van der Waals surface area (Å²) in [5, 5.41) is 10.4. The Balaban J connectivity index is 1.66. The van der Waals surface area contributed by atoms with Gasteiger partial charge in [0.2, 0.25) is 0 Å². The van der Waals surface area contributed by atoms with Gasteiger partial charge in [-0.25, -0.2) is 0 Å². The molecule has 0 amide bonds. The van der Waals surface area contributed by atoms with Gasteiger partial charge >= 0.3 is 0 Å². The Labute approximate surface area is 115 Å². The molecule has 1 saturated carbocycles. The van der Waals surface area contributed by atoms with Crippen LogP contribution < -0.4 is 0 Å². The van der Waals surface area contributed by atoms with Crippen LogP contribution in [0.25, 0.3) is 0 Å². The molecule has 1 aliphatic carbocycles. The molecule has 3 rings (SSSR count). The molecule has 0 aromatic heterocycles. The van der Waals surface area contributed by atoms with Gasteiger partial charge in [-0.15, -0.1) is 0 Å². The van der Waals surface area contributed by atoms with E-state index in [1.54, 1.807) is 0 Å². The predicted molar refractivity (Wildman–Crippen MR) is 75.2 cm³/mol. The van der Waals surface area contributed by atoms with Crippen LogP contribution in [0.4, 0.5) is 0 Å². The summed E-state index contributed by atoms with van der Waals surface area (Å²) < 4.78 is 5.68. The third kappa shape index (κ3) is 2.83. The molecule has 0 bridgehead atoms. The van der Waals surface area contributed by atoms with Crippen LogP contribution in [-0.2, 0) is 4.74 Å². The van der Waals surface area contributed by atoms with Gasteiger partial charge in [0.25, 0.3) is 0 Å². The van der Waals surface area contributed by atoms with Crippen molar-refractivity contribution in [3.8, 4) is 0 Å². The number of rotatable bonds is 3. The van der Waals surface area contributed by atoms with E-state index in [1.807, 2.05) is 0 Å². The molecule has 0 spiro atoms. The number of likely N-dealkylation sites (N-methyl/N-ethyl adjacent to an activating group) is 1. The fourth-order valence-electron chi connectivity index (χ4n) is 2.92. The van der Waals surface area contributed by atoms with Crippen LogP contribution in [0.1, 0.15) is 42.4 Å². The molecule has 0 radical (unpaired) electrons. The number of hydrogen-bond acceptors (Lipinski definition) is 3. The minimum Gasteiger partial charge on any atom is -0.386 e. The second kappa shape index (κ2) is 5.61. The highest BCUT2D eigenvalue weighted by molar-refractivity contribution is 5.28. The van der Waals surface area contributed by atoms with Crippen molar-refractivity contribution in [2.45, 2.75) is 37.4 Å². The maximum atomic E-state index is 10.4. The van der Waals surface area contributed by atoms with Crippen molar-refractivity contribution in [2.75, 3.05) is 26.7 Å². The number of nitrogens with zero attached hydrogens (tertiary/aromatic N) is 1. The molecule has 1 aliphatic heterocycles. The molecule has 2 unspecified atom stereocenters. The fourth-order valence-corrected chi connectivity index (χ4v) is 2.92. The van der Waals surface area contributed by atoms with E-state index in [4.69, 9.17) is 4.74 Å². The molecule has 3 nitrogen and oxygen atoms in total. The van der Waals surface area contributed by atoms with E-state index in [-0.39, 0.29) is 6.10 Å². The average molecular weight is 261 g/mol. The van der Waals surface area contributed by atoms with Gasteiger partial charge in [0.05, 0.1) is 6.61 Å². The number of aliphatic hydroxyl groups is 1. The topological polar surface area (TPSA) is 32.7 Å². The molecule has 3 heteroatoms. The van der Waals surface area contributed by atoms with E-state index >= 15 is 0 Å². The van der Waals surface area contributed by atoms with Gasteiger partial charge in [-0.2, -0.15) is 0 Å². The predicted octanol–water partition coefficient (Wildman–Crippen LogP) is 2.32. The molecule has 2 fully saturated rings. The first-order valence-corrected chi connectivity index (χ1v) is 7.32. The second-order valence-electron chi connectivity index (χ2n) is 5.91. The largest absolute Gasteiger partial charge is 0.386 e. The van der Waals surface area contributed by atoms with Gasteiger partial charge in [-0.05, 0) is 36.9 Å². The Bertz CT molecular complexity index is 413. The first-order chi connectivity index (χ1) is 9.24. The van der Waals surface area contributed by atoms with E-state index in [0.29, 0.717) is 6.61 Å². The maximum absolute atomic E-state index is 10.4. The third-order valence-electron chi connectivity index (χ3n) is 4.50. The molecular formula is C16H23NO2.